The van der Waals surface area contributed by atoms with Gasteiger partial charge in [-0.1, -0.05) is 0 Å². The van der Waals surface area contributed by atoms with Crippen molar-refractivity contribution in [2.24, 2.45) is 0 Å². The molecule has 16 heavy (non-hydrogen) atoms. The lowest BCUT2D eigenvalue weighted by atomic mass is 10.3. The van der Waals surface area contributed by atoms with Gasteiger partial charge in [0.1, 0.15) is 6.54 Å². The van der Waals surface area contributed by atoms with Crippen LogP contribution in [0, 0.1) is 0 Å². The zero-order valence-corrected chi connectivity index (χ0v) is 8.72. The summed E-state index contributed by atoms with van der Waals surface area (Å²) in [5.74, 6) is -0.252. The van der Waals surface area contributed by atoms with Gasteiger partial charge in [0.2, 0.25) is 11.8 Å². The summed E-state index contributed by atoms with van der Waals surface area (Å²) >= 11 is 0. The number of hydrogen-bond acceptors (Lipinski definition) is 4. The largest absolute Gasteiger partial charge is 0.396 e. The number of nitrogens with zero attached hydrogens (tertiary/aromatic N) is 3. The second-order valence-corrected chi connectivity index (χ2v) is 3.64. The number of nitrogens with two attached hydrogens (primary N) is 1. The average Bonchev–Trinajstić information content (AvgIpc) is 2.64. The molecular weight excluding hydrogens is 210 g/mol. The summed E-state index contributed by atoms with van der Waals surface area (Å²) in [5, 5.41) is 6.57. The molecule has 2 rings (SSSR count). The molecule has 7 nitrogen and oxygen atoms in total. The van der Waals surface area contributed by atoms with E-state index in [1.54, 1.807) is 6.20 Å². The Labute approximate surface area is 92.2 Å². The minimum atomic E-state index is -0.127. The van der Waals surface area contributed by atoms with Gasteiger partial charge in [0.25, 0.3) is 0 Å². The minimum absolute atomic E-state index is 0.116. The lowest BCUT2D eigenvalue weighted by molar-refractivity contribution is -0.138. The molecule has 1 fully saturated rings. The zero-order chi connectivity index (χ0) is 11.5. The summed E-state index contributed by atoms with van der Waals surface area (Å²) in [4.78, 5) is 24.4. The molecule has 0 unspecified atom stereocenters. The molecule has 0 spiro atoms. The fourth-order valence-corrected chi connectivity index (χ4v) is 1.56. The van der Waals surface area contributed by atoms with Gasteiger partial charge in [-0.15, -0.1) is 0 Å². The molecular formula is C9H13N5O2. The van der Waals surface area contributed by atoms with E-state index < -0.39 is 0 Å². The van der Waals surface area contributed by atoms with Gasteiger partial charge in [-0.2, -0.15) is 5.10 Å². The number of nitrogens with one attached hydrogen (secondary N) is 1. The van der Waals surface area contributed by atoms with Crippen LogP contribution in [0.5, 0.6) is 0 Å². The highest BCUT2D eigenvalue weighted by atomic mass is 16.2. The van der Waals surface area contributed by atoms with Crippen LogP contribution in [0.25, 0.3) is 0 Å². The number of nitrogen functional groups attached to an aromatic ring is 1. The molecule has 1 saturated heterocycles. The molecule has 86 valence electrons. The van der Waals surface area contributed by atoms with E-state index in [-0.39, 0.29) is 24.9 Å². The van der Waals surface area contributed by atoms with Crippen LogP contribution in [0.3, 0.4) is 0 Å². The first-order valence-corrected chi connectivity index (χ1v) is 4.97. The Bertz CT molecular complexity index is 414. The second-order valence-electron chi connectivity index (χ2n) is 3.64. The van der Waals surface area contributed by atoms with Crippen molar-refractivity contribution in [1.29, 1.82) is 0 Å². The fraction of sp³-hybridized carbons (Fsp3) is 0.444. The van der Waals surface area contributed by atoms with Crippen molar-refractivity contribution in [3.63, 3.8) is 0 Å². The molecule has 0 saturated carbocycles. The van der Waals surface area contributed by atoms with Crippen LogP contribution in [0.2, 0.25) is 0 Å². The summed E-state index contributed by atoms with van der Waals surface area (Å²) < 4.78 is 1.46. The summed E-state index contributed by atoms with van der Waals surface area (Å²) in [6.07, 6.45) is 3.07. The third-order valence-electron chi connectivity index (χ3n) is 2.34. The molecule has 3 N–H and O–H groups in total. The van der Waals surface area contributed by atoms with Crippen LogP contribution in [-0.2, 0) is 16.1 Å². The topological polar surface area (TPSA) is 93.2 Å². The van der Waals surface area contributed by atoms with E-state index in [0.717, 1.165) is 0 Å². The van der Waals surface area contributed by atoms with Gasteiger partial charge in [0.05, 0.1) is 18.4 Å². The smallest absolute Gasteiger partial charge is 0.244 e. The lowest BCUT2D eigenvalue weighted by Gasteiger charge is -2.26. The van der Waals surface area contributed by atoms with Crippen molar-refractivity contribution in [3.05, 3.63) is 12.4 Å². The Morgan fingerprint density at radius 2 is 2.44 bits per heavy atom. The first-order valence-electron chi connectivity index (χ1n) is 4.97. The van der Waals surface area contributed by atoms with E-state index in [1.165, 1.54) is 15.8 Å². The molecule has 1 aromatic rings. The van der Waals surface area contributed by atoms with Crippen LogP contribution in [-0.4, -0.2) is 46.1 Å². The molecule has 1 aromatic heterocycles. The van der Waals surface area contributed by atoms with E-state index in [1.807, 2.05) is 0 Å². The summed E-state index contributed by atoms with van der Waals surface area (Å²) in [7, 11) is 0. The normalized spacial score (nSPS) is 16.0. The SMILES string of the molecule is Nc1cnn(CC(=O)N2CCNC(=O)C2)c1. The number of piperazine rings is 1. The van der Waals surface area contributed by atoms with Crippen LogP contribution in [0.1, 0.15) is 0 Å². The van der Waals surface area contributed by atoms with Gasteiger partial charge < -0.3 is 16.0 Å². The number of carbonyl (C=O) groups is 2. The molecule has 2 heterocycles. The summed E-state index contributed by atoms with van der Waals surface area (Å²) in [6, 6.07) is 0. The van der Waals surface area contributed by atoms with Gasteiger partial charge in [0, 0.05) is 19.3 Å². The number of anilines is 1. The highest BCUT2D eigenvalue weighted by Gasteiger charge is 2.21. The summed E-state index contributed by atoms with van der Waals surface area (Å²) in [5.41, 5.74) is 6.00. The first kappa shape index (κ1) is 10.5. The molecule has 7 heteroatoms. The Hall–Kier alpha value is -2.05. The molecule has 0 bridgehead atoms. The van der Waals surface area contributed by atoms with Crippen LogP contribution >= 0.6 is 0 Å². The van der Waals surface area contributed by atoms with E-state index in [0.29, 0.717) is 18.8 Å². The molecule has 1 aliphatic heterocycles. The zero-order valence-electron chi connectivity index (χ0n) is 8.72. The summed E-state index contributed by atoms with van der Waals surface area (Å²) in [6.45, 7) is 1.28. The minimum Gasteiger partial charge on any atom is -0.396 e. The number of carbonyl (C=O) groups excluding carboxylic acids is 2. The first-order chi connectivity index (χ1) is 7.65. The van der Waals surface area contributed by atoms with Crippen molar-refractivity contribution in [2.45, 2.75) is 6.54 Å². The number of hydrogen-bond donors (Lipinski definition) is 2. The van der Waals surface area contributed by atoms with Crippen LogP contribution < -0.4 is 11.1 Å². The van der Waals surface area contributed by atoms with Gasteiger partial charge >= 0.3 is 0 Å². The van der Waals surface area contributed by atoms with Crippen molar-refractivity contribution in [2.75, 3.05) is 25.4 Å². The maximum absolute atomic E-state index is 11.8. The van der Waals surface area contributed by atoms with Crippen molar-refractivity contribution >= 4 is 17.5 Å². The standard InChI is InChI=1S/C9H13N5O2/c10-7-3-12-14(4-7)6-9(16)13-2-1-11-8(15)5-13/h3-4H,1-2,5-6,10H2,(H,11,15). The molecule has 0 aliphatic carbocycles. The second kappa shape index (κ2) is 4.21. The van der Waals surface area contributed by atoms with E-state index in [9.17, 15) is 9.59 Å². The number of amides is 2. The third-order valence-corrected chi connectivity index (χ3v) is 2.34. The molecule has 0 atom stereocenters. The Balaban J connectivity index is 1.94. The van der Waals surface area contributed by atoms with Crippen molar-refractivity contribution < 1.29 is 9.59 Å². The Kier molecular flexibility index (Phi) is 2.76. The Morgan fingerprint density at radius 1 is 1.62 bits per heavy atom. The van der Waals surface area contributed by atoms with Crippen molar-refractivity contribution in [3.8, 4) is 0 Å². The molecule has 2 amide bonds. The van der Waals surface area contributed by atoms with E-state index >= 15 is 0 Å². The van der Waals surface area contributed by atoms with Gasteiger partial charge in [-0.05, 0) is 0 Å². The third kappa shape index (κ3) is 2.30. The van der Waals surface area contributed by atoms with E-state index in [2.05, 4.69) is 10.4 Å². The number of aromatic nitrogens is 2. The predicted octanol–water partition coefficient (Wildman–Crippen LogP) is -1.58. The van der Waals surface area contributed by atoms with Crippen LogP contribution in [0.4, 0.5) is 5.69 Å². The number of rotatable bonds is 2. The lowest BCUT2D eigenvalue weighted by Crippen LogP contribution is -2.50. The van der Waals surface area contributed by atoms with Gasteiger partial charge in [0.15, 0.2) is 0 Å². The molecule has 1 aliphatic rings. The highest BCUT2D eigenvalue weighted by Crippen LogP contribution is 2.00. The molecule has 0 radical (unpaired) electrons. The van der Waals surface area contributed by atoms with Gasteiger partial charge in [-0.25, -0.2) is 0 Å². The van der Waals surface area contributed by atoms with E-state index in [4.69, 9.17) is 5.73 Å². The predicted molar refractivity (Wildman–Crippen MR) is 56.2 cm³/mol. The van der Waals surface area contributed by atoms with Crippen molar-refractivity contribution in [1.82, 2.24) is 20.0 Å². The van der Waals surface area contributed by atoms with Gasteiger partial charge in [-0.3, -0.25) is 14.3 Å². The highest BCUT2D eigenvalue weighted by molar-refractivity contribution is 5.85. The quantitative estimate of drug-likeness (QED) is 0.633. The maximum atomic E-state index is 11.8. The maximum Gasteiger partial charge on any atom is 0.244 e. The van der Waals surface area contributed by atoms with Crippen LogP contribution in [0.15, 0.2) is 12.4 Å². The monoisotopic (exact) mass is 223 g/mol. The Morgan fingerprint density at radius 3 is 3.06 bits per heavy atom. The fourth-order valence-electron chi connectivity index (χ4n) is 1.56. The average molecular weight is 223 g/mol. The molecule has 0 aromatic carbocycles.